The molecule has 0 saturated carbocycles. The highest BCUT2D eigenvalue weighted by Crippen LogP contribution is 2.18. The summed E-state index contributed by atoms with van der Waals surface area (Å²) in [5.74, 6) is -0.578. The van der Waals surface area contributed by atoms with Crippen molar-refractivity contribution in [2.75, 3.05) is 19.7 Å². The van der Waals surface area contributed by atoms with Crippen LogP contribution in [0.3, 0.4) is 0 Å². The number of aliphatic hydroxyl groups is 1. The van der Waals surface area contributed by atoms with Crippen LogP contribution in [0.5, 0.6) is 0 Å². The van der Waals surface area contributed by atoms with Gasteiger partial charge in [0.1, 0.15) is 5.56 Å². The lowest BCUT2D eigenvalue weighted by molar-refractivity contribution is -0.131. The Morgan fingerprint density at radius 1 is 1.38 bits per heavy atom. The first kappa shape index (κ1) is 17.9. The zero-order valence-corrected chi connectivity index (χ0v) is 14.2. The second-order valence-corrected chi connectivity index (χ2v) is 5.62. The lowest BCUT2D eigenvalue weighted by atomic mass is 10.1. The molecular formula is C16H23N5O3. The number of aromatic nitrogens is 3. The maximum absolute atomic E-state index is 12.2. The lowest BCUT2D eigenvalue weighted by Crippen LogP contribution is -2.33. The first-order chi connectivity index (χ1) is 11.4. The number of carbonyl (C=O) groups excluding carboxylic acids is 2. The number of carbonyl (C=O) groups is 2. The van der Waals surface area contributed by atoms with Gasteiger partial charge in [-0.1, -0.05) is 0 Å². The predicted molar refractivity (Wildman–Crippen MR) is 88.6 cm³/mol. The first-order valence-electron chi connectivity index (χ1n) is 7.92. The number of primary amides is 1. The maximum Gasteiger partial charge on any atom is 0.254 e. The summed E-state index contributed by atoms with van der Waals surface area (Å²) in [6.45, 7) is 6.46. The zero-order valence-electron chi connectivity index (χ0n) is 14.2. The van der Waals surface area contributed by atoms with E-state index in [9.17, 15) is 9.59 Å². The molecule has 2 aromatic heterocycles. The molecule has 0 unspecified atom stereocenters. The molecule has 0 saturated heterocycles. The van der Waals surface area contributed by atoms with E-state index >= 15 is 0 Å². The highest BCUT2D eigenvalue weighted by Gasteiger charge is 2.18. The molecule has 130 valence electrons. The SMILES string of the molecule is CCN(CCO)C(=O)CCc1c(C)nc2c(C(N)=O)cnn2c1C. The fourth-order valence-corrected chi connectivity index (χ4v) is 2.82. The largest absolute Gasteiger partial charge is 0.395 e. The molecular weight excluding hydrogens is 310 g/mol. The Hall–Kier alpha value is -2.48. The number of aliphatic hydroxyl groups excluding tert-OH is 1. The van der Waals surface area contributed by atoms with Gasteiger partial charge in [-0.2, -0.15) is 5.10 Å². The van der Waals surface area contributed by atoms with Crippen LogP contribution in [-0.4, -0.2) is 56.1 Å². The quantitative estimate of drug-likeness (QED) is 0.752. The number of nitrogens with zero attached hydrogens (tertiary/aromatic N) is 4. The van der Waals surface area contributed by atoms with Gasteiger partial charge in [0.25, 0.3) is 5.91 Å². The topological polar surface area (TPSA) is 114 Å². The van der Waals surface area contributed by atoms with E-state index in [4.69, 9.17) is 10.8 Å². The second-order valence-electron chi connectivity index (χ2n) is 5.62. The van der Waals surface area contributed by atoms with Crippen LogP contribution in [0, 0.1) is 13.8 Å². The summed E-state index contributed by atoms with van der Waals surface area (Å²) in [6, 6.07) is 0. The summed E-state index contributed by atoms with van der Waals surface area (Å²) in [6.07, 6.45) is 2.26. The number of rotatable bonds is 7. The number of likely N-dealkylation sites (N-methyl/N-ethyl adjacent to an activating group) is 1. The number of nitrogens with two attached hydrogens (primary N) is 1. The van der Waals surface area contributed by atoms with Crippen molar-refractivity contribution in [1.29, 1.82) is 0 Å². The Morgan fingerprint density at radius 2 is 2.08 bits per heavy atom. The molecule has 0 bridgehead atoms. The fourth-order valence-electron chi connectivity index (χ4n) is 2.82. The van der Waals surface area contributed by atoms with Gasteiger partial charge in [-0.05, 0) is 32.8 Å². The van der Waals surface area contributed by atoms with E-state index in [1.807, 2.05) is 20.8 Å². The van der Waals surface area contributed by atoms with Crippen LogP contribution in [0.15, 0.2) is 6.20 Å². The minimum Gasteiger partial charge on any atom is -0.395 e. The molecule has 24 heavy (non-hydrogen) atoms. The van der Waals surface area contributed by atoms with Crippen molar-refractivity contribution >= 4 is 17.5 Å². The van der Waals surface area contributed by atoms with E-state index in [0.29, 0.717) is 31.6 Å². The normalized spacial score (nSPS) is 11.0. The van der Waals surface area contributed by atoms with E-state index < -0.39 is 5.91 Å². The molecule has 0 fully saturated rings. The number of hydrogen-bond donors (Lipinski definition) is 2. The molecule has 0 aromatic carbocycles. The van der Waals surface area contributed by atoms with Crippen molar-refractivity contribution in [2.24, 2.45) is 5.73 Å². The molecule has 0 atom stereocenters. The van der Waals surface area contributed by atoms with Crippen molar-refractivity contribution in [3.63, 3.8) is 0 Å². The van der Waals surface area contributed by atoms with Gasteiger partial charge < -0.3 is 15.7 Å². The summed E-state index contributed by atoms with van der Waals surface area (Å²) in [5.41, 5.74) is 8.56. The van der Waals surface area contributed by atoms with E-state index in [2.05, 4.69) is 10.1 Å². The van der Waals surface area contributed by atoms with Crippen LogP contribution in [0.1, 0.15) is 40.7 Å². The van der Waals surface area contributed by atoms with Crippen molar-refractivity contribution < 1.29 is 14.7 Å². The van der Waals surface area contributed by atoms with E-state index in [-0.39, 0.29) is 18.1 Å². The Kier molecular flexibility index (Phi) is 5.50. The van der Waals surface area contributed by atoms with Crippen LogP contribution in [0.25, 0.3) is 5.65 Å². The third-order valence-corrected chi connectivity index (χ3v) is 4.17. The molecule has 2 aromatic rings. The monoisotopic (exact) mass is 333 g/mol. The summed E-state index contributed by atoms with van der Waals surface area (Å²) >= 11 is 0. The number of aryl methyl sites for hydroxylation is 2. The number of amides is 2. The third kappa shape index (κ3) is 3.38. The third-order valence-electron chi connectivity index (χ3n) is 4.17. The average molecular weight is 333 g/mol. The molecule has 0 aliphatic carbocycles. The number of fused-ring (bicyclic) bond motifs is 1. The highest BCUT2D eigenvalue weighted by molar-refractivity contribution is 5.98. The minimum atomic E-state index is -0.568. The summed E-state index contributed by atoms with van der Waals surface area (Å²) in [4.78, 5) is 29.7. The van der Waals surface area contributed by atoms with Gasteiger partial charge in [-0.25, -0.2) is 9.50 Å². The van der Waals surface area contributed by atoms with E-state index in [1.54, 1.807) is 9.42 Å². The van der Waals surface area contributed by atoms with Gasteiger partial charge in [-0.3, -0.25) is 9.59 Å². The smallest absolute Gasteiger partial charge is 0.254 e. The number of hydrogen-bond acceptors (Lipinski definition) is 5. The van der Waals surface area contributed by atoms with Gasteiger partial charge in [-0.15, -0.1) is 0 Å². The van der Waals surface area contributed by atoms with Crippen LogP contribution in [0.4, 0.5) is 0 Å². The molecule has 0 aliphatic rings. The molecule has 3 N–H and O–H groups in total. The summed E-state index contributed by atoms with van der Waals surface area (Å²) in [5, 5.41) is 13.2. The Bertz CT molecular complexity index is 769. The molecule has 8 heteroatoms. The zero-order chi connectivity index (χ0) is 17.9. The van der Waals surface area contributed by atoms with Crippen molar-refractivity contribution in [2.45, 2.75) is 33.6 Å². The van der Waals surface area contributed by atoms with Crippen molar-refractivity contribution in [3.05, 3.63) is 28.7 Å². The predicted octanol–water partition coefficient (Wildman–Crippen LogP) is 0.218. The van der Waals surface area contributed by atoms with Crippen LogP contribution in [-0.2, 0) is 11.2 Å². The average Bonchev–Trinajstić information content (AvgIpc) is 2.96. The molecule has 0 radical (unpaired) electrons. The Balaban J connectivity index is 2.27. The Labute approximate surface area is 140 Å². The van der Waals surface area contributed by atoms with Crippen molar-refractivity contribution in [3.8, 4) is 0 Å². The molecule has 0 aliphatic heterocycles. The first-order valence-corrected chi connectivity index (χ1v) is 7.92. The molecule has 8 nitrogen and oxygen atoms in total. The van der Waals surface area contributed by atoms with Crippen molar-refractivity contribution in [1.82, 2.24) is 19.5 Å². The minimum absolute atomic E-state index is 0.0104. The van der Waals surface area contributed by atoms with Gasteiger partial charge in [0.05, 0.1) is 12.8 Å². The van der Waals surface area contributed by atoms with Gasteiger partial charge in [0, 0.05) is 30.9 Å². The molecule has 2 heterocycles. The van der Waals surface area contributed by atoms with Crippen LogP contribution in [0.2, 0.25) is 0 Å². The summed E-state index contributed by atoms with van der Waals surface area (Å²) < 4.78 is 1.58. The van der Waals surface area contributed by atoms with Crippen LogP contribution >= 0.6 is 0 Å². The van der Waals surface area contributed by atoms with Gasteiger partial charge in [0.15, 0.2) is 5.65 Å². The van der Waals surface area contributed by atoms with E-state index in [1.165, 1.54) is 6.20 Å². The fraction of sp³-hybridized carbons (Fsp3) is 0.500. The van der Waals surface area contributed by atoms with Gasteiger partial charge >= 0.3 is 0 Å². The maximum atomic E-state index is 12.2. The molecule has 2 rings (SSSR count). The standard InChI is InChI=1S/C16H23N5O3/c1-4-20(7-8-22)14(23)6-5-12-10(2)19-16-13(15(17)24)9-18-21(16)11(12)3/h9,22H,4-8H2,1-3H3,(H2,17,24). The lowest BCUT2D eigenvalue weighted by Gasteiger charge is -2.20. The second kappa shape index (κ2) is 7.39. The highest BCUT2D eigenvalue weighted by atomic mass is 16.3. The molecule has 0 spiro atoms. The van der Waals surface area contributed by atoms with E-state index in [0.717, 1.165) is 17.0 Å². The van der Waals surface area contributed by atoms with Gasteiger partial charge in [0.2, 0.25) is 5.91 Å². The molecule has 2 amide bonds. The summed E-state index contributed by atoms with van der Waals surface area (Å²) in [7, 11) is 0. The Morgan fingerprint density at radius 3 is 2.67 bits per heavy atom. The van der Waals surface area contributed by atoms with Crippen LogP contribution < -0.4 is 5.73 Å².